The lowest BCUT2D eigenvalue weighted by Gasteiger charge is -2.18. The van der Waals surface area contributed by atoms with Gasteiger partial charge in [0, 0.05) is 39.8 Å². The number of hydrogen-bond donors (Lipinski definition) is 4. The third kappa shape index (κ3) is 5.10. The number of hydrogen-bond acceptors (Lipinski definition) is 4. The van der Waals surface area contributed by atoms with Gasteiger partial charge in [-0.05, 0) is 42.0 Å². The fourth-order valence-electron chi connectivity index (χ4n) is 4.01. The molecule has 2 aromatic heterocycles. The van der Waals surface area contributed by atoms with E-state index in [1.807, 2.05) is 66.7 Å². The van der Waals surface area contributed by atoms with Crippen LogP contribution in [0.25, 0.3) is 22.2 Å². The molecule has 2 heterocycles. The number of fused-ring (bicyclic) bond motifs is 1. The first-order chi connectivity index (χ1) is 17.5. The van der Waals surface area contributed by atoms with Gasteiger partial charge in [-0.1, -0.05) is 66.2 Å². The molecule has 1 atom stereocenters. The lowest BCUT2D eigenvalue weighted by molar-refractivity contribution is 0.0691. The molecule has 7 nitrogen and oxygen atoms in total. The Morgan fingerprint density at radius 1 is 1.08 bits per heavy atom. The first-order valence-electron chi connectivity index (χ1n) is 11.2. The van der Waals surface area contributed by atoms with Crippen LogP contribution in [0.5, 0.6) is 0 Å². The maximum atomic E-state index is 12.1. The Labute approximate surface area is 217 Å². The Morgan fingerprint density at radius 2 is 1.86 bits per heavy atom. The average Bonchev–Trinajstić information content (AvgIpc) is 3.49. The smallest absolute Gasteiger partial charge is 0.358 e. The molecule has 0 spiro atoms. The molecule has 180 valence electrons. The minimum atomic E-state index is -1.18. The fraction of sp³-hybridized carbons (Fsp3) is 0.0741. The monoisotopic (exact) mass is 516 g/mol. The van der Waals surface area contributed by atoms with Crippen LogP contribution in [-0.4, -0.2) is 26.2 Å². The lowest BCUT2D eigenvalue weighted by atomic mass is 10.1. The first kappa shape index (κ1) is 23.6. The maximum absolute atomic E-state index is 12.1. The number of aromatic carboxylic acids is 1. The van der Waals surface area contributed by atoms with Crippen LogP contribution < -0.4 is 10.6 Å². The van der Waals surface area contributed by atoms with Crippen LogP contribution in [0.3, 0.4) is 0 Å². The highest BCUT2D eigenvalue weighted by Gasteiger charge is 2.27. The summed E-state index contributed by atoms with van der Waals surface area (Å²) >= 11 is 11.6. The van der Waals surface area contributed by atoms with Gasteiger partial charge in [0.25, 0.3) is 0 Å². The molecule has 9 heteroatoms. The SMILES string of the molecule is O=C(O)c1nc(C(Cc2ccccc2)NC(=S)Nc2cccc(Cl)c2)oc1-c1c[nH]c2ccccc12. The van der Waals surface area contributed by atoms with Gasteiger partial charge in [-0.25, -0.2) is 9.78 Å². The summed E-state index contributed by atoms with van der Waals surface area (Å²) in [6.45, 7) is 0. The van der Waals surface area contributed by atoms with Gasteiger partial charge >= 0.3 is 5.97 Å². The third-order valence-corrected chi connectivity index (χ3v) is 6.10. The summed E-state index contributed by atoms with van der Waals surface area (Å²) in [5, 5.41) is 18.0. The van der Waals surface area contributed by atoms with Crippen molar-refractivity contribution in [3.05, 3.63) is 107 Å². The van der Waals surface area contributed by atoms with Crippen LogP contribution >= 0.6 is 23.8 Å². The standard InChI is InChI=1S/C27H21ClN4O3S/c28-17-9-6-10-18(14-17)30-27(36)31-22(13-16-7-2-1-3-8-16)25-32-23(26(33)34)24(35-25)20-15-29-21-12-5-4-11-19(20)21/h1-12,14-15,22,29H,13H2,(H,33,34)(H2,30,31,36). The van der Waals surface area contributed by atoms with Crippen molar-refractivity contribution in [2.45, 2.75) is 12.5 Å². The Balaban J connectivity index is 1.51. The van der Waals surface area contributed by atoms with Crippen LogP contribution in [0, 0.1) is 0 Å². The van der Waals surface area contributed by atoms with E-state index in [4.69, 9.17) is 28.2 Å². The Kier molecular flexibility index (Phi) is 6.71. The molecule has 0 fully saturated rings. The zero-order chi connectivity index (χ0) is 25.1. The van der Waals surface area contributed by atoms with Crippen LogP contribution in [-0.2, 0) is 6.42 Å². The van der Waals surface area contributed by atoms with Gasteiger partial charge in [-0.15, -0.1) is 0 Å². The second-order valence-corrected chi connectivity index (χ2v) is 8.98. The second kappa shape index (κ2) is 10.2. The van der Waals surface area contributed by atoms with Crippen LogP contribution in [0.1, 0.15) is 28.0 Å². The number of carboxylic acids is 1. The molecule has 0 saturated carbocycles. The number of halogens is 1. The van der Waals surface area contributed by atoms with Crippen molar-refractivity contribution < 1.29 is 14.3 Å². The molecule has 5 aromatic rings. The van der Waals surface area contributed by atoms with E-state index in [1.165, 1.54) is 0 Å². The number of anilines is 1. The Bertz CT molecular complexity index is 1550. The van der Waals surface area contributed by atoms with Gasteiger partial charge in [-0.3, -0.25) is 0 Å². The predicted molar refractivity (Wildman–Crippen MR) is 144 cm³/mol. The molecule has 0 amide bonds. The predicted octanol–water partition coefficient (Wildman–Crippen LogP) is 6.44. The summed E-state index contributed by atoms with van der Waals surface area (Å²) in [4.78, 5) is 19.7. The van der Waals surface area contributed by atoms with Crippen LogP contribution in [0.15, 0.2) is 89.5 Å². The summed E-state index contributed by atoms with van der Waals surface area (Å²) in [7, 11) is 0. The molecular weight excluding hydrogens is 496 g/mol. The molecule has 5 rings (SSSR count). The number of aromatic nitrogens is 2. The Morgan fingerprint density at radius 3 is 2.64 bits per heavy atom. The number of carbonyl (C=O) groups is 1. The van der Waals surface area contributed by atoms with E-state index in [1.54, 1.807) is 18.3 Å². The van der Waals surface area contributed by atoms with Crippen molar-refractivity contribution in [3.8, 4) is 11.3 Å². The molecule has 0 bridgehead atoms. The average molecular weight is 517 g/mol. The van der Waals surface area contributed by atoms with E-state index in [9.17, 15) is 9.90 Å². The van der Waals surface area contributed by atoms with Gasteiger partial charge in [0.2, 0.25) is 5.89 Å². The van der Waals surface area contributed by atoms with Gasteiger partial charge < -0.3 is 25.1 Å². The van der Waals surface area contributed by atoms with E-state index < -0.39 is 12.0 Å². The normalized spacial score (nSPS) is 11.8. The van der Waals surface area contributed by atoms with Crippen molar-refractivity contribution in [1.82, 2.24) is 15.3 Å². The zero-order valence-electron chi connectivity index (χ0n) is 18.9. The quantitative estimate of drug-likeness (QED) is 0.184. The summed E-state index contributed by atoms with van der Waals surface area (Å²) in [6.07, 6.45) is 2.19. The molecule has 3 aromatic carbocycles. The van der Waals surface area contributed by atoms with Gasteiger partial charge in [0.15, 0.2) is 16.6 Å². The summed E-state index contributed by atoms with van der Waals surface area (Å²) in [5.41, 5.74) is 3.05. The number of oxazole rings is 1. The van der Waals surface area contributed by atoms with E-state index in [-0.39, 0.29) is 17.3 Å². The lowest BCUT2D eigenvalue weighted by Crippen LogP contribution is -2.33. The minimum Gasteiger partial charge on any atom is -0.476 e. The zero-order valence-corrected chi connectivity index (χ0v) is 20.4. The largest absolute Gasteiger partial charge is 0.476 e. The highest BCUT2D eigenvalue weighted by atomic mass is 35.5. The molecule has 36 heavy (non-hydrogen) atoms. The van der Waals surface area contributed by atoms with Crippen molar-refractivity contribution >= 4 is 51.5 Å². The van der Waals surface area contributed by atoms with Crippen molar-refractivity contribution in [2.24, 2.45) is 0 Å². The second-order valence-electron chi connectivity index (χ2n) is 8.13. The molecule has 0 saturated heterocycles. The summed E-state index contributed by atoms with van der Waals surface area (Å²) in [6, 6.07) is 24.0. The van der Waals surface area contributed by atoms with E-state index in [0.29, 0.717) is 22.1 Å². The van der Waals surface area contributed by atoms with Crippen molar-refractivity contribution in [3.63, 3.8) is 0 Å². The molecule has 4 N–H and O–H groups in total. The maximum Gasteiger partial charge on any atom is 0.358 e. The van der Waals surface area contributed by atoms with Crippen molar-refractivity contribution in [2.75, 3.05) is 5.32 Å². The summed E-state index contributed by atoms with van der Waals surface area (Å²) in [5.74, 6) is -0.779. The third-order valence-electron chi connectivity index (χ3n) is 5.65. The molecule has 1 unspecified atom stereocenters. The number of para-hydroxylation sites is 1. The first-order valence-corrected chi connectivity index (χ1v) is 11.9. The summed E-state index contributed by atoms with van der Waals surface area (Å²) < 4.78 is 6.15. The van der Waals surface area contributed by atoms with Crippen LogP contribution in [0.4, 0.5) is 5.69 Å². The number of aromatic amines is 1. The topological polar surface area (TPSA) is 103 Å². The number of benzene rings is 3. The molecular formula is C27H21ClN4O3S. The number of nitrogens with zero attached hydrogens (tertiary/aromatic N) is 1. The van der Waals surface area contributed by atoms with Crippen LogP contribution in [0.2, 0.25) is 5.02 Å². The van der Waals surface area contributed by atoms with E-state index in [2.05, 4.69) is 20.6 Å². The van der Waals surface area contributed by atoms with Gasteiger partial charge in [0.1, 0.15) is 6.04 Å². The van der Waals surface area contributed by atoms with Gasteiger partial charge in [-0.2, -0.15) is 0 Å². The van der Waals surface area contributed by atoms with E-state index >= 15 is 0 Å². The number of rotatable bonds is 7. The fourth-order valence-corrected chi connectivity index (χ4v) is 4.46. The minimum absolute atomic E-state index is 0.164. The van der Waals surface area contributed by atoms with Crippen molar-refractivity contribution in [1.29, 1.82) is 0 Å². The number of thiocarbonyl (C=S) groups is 1. The Hall–Kier alpha value is -4.14. The molecule has 0 radical (unpaired) electrons. The highest BCUT2D eigenvalue weighted by Crippen LogP contribution is 2.34. The number of nitrogens with one attached hydrogen (secondary N) is 3. The molecule has 0 aliphatic heterocycles. The molecule has 0 aliphatic carbocycles. The number of carboxylic acid groups (broad SMARTS) is 1. The number of H-pyrrole nitrogens is 1. The molecule has 0 aliphatic rings. The van der Waals surface area contributed by atoms with Gasteiger partial charge in [0.05, 0.1) is 0 Å². The highest BCUT2D eigenvalue weighted by molar-refractivity contribution is 7.80. The van der Waals surface area contributed by atoms with E-state index in [0.717, 1.165) is 22.2 Å².